The van der Waals surface area contributed by atoms with E-state index in [0.717, 1.165) is 23.6 Å². The fourth-order valence-electron chi connectivity index (χ4n) is 3.28. The molecule has 0 bridgehead atoms. The van der Waals surface area contributed by atoms with Crippen molar-refractivity contribution in [1.82, 2.24) is 4.90 Å². The van der Waals surface area contributed by atoms with E-state index in [0.29, 0.717) is 11.3 Å². The Hall–Kier alpha value is -3.41. The molecule has 3 aromatic rings. The molecule has 0 unspecified atom stereocenters. The SMILES string of the molecule is O=C(COc1ccc2ccccc2c1)OCC(=O)N(Cc1ccccc1F)C1CC1. The number of fused-ring (bicyclic) bond motifs is 1. The van der Waals surface area contributed by atoms with Crippen LogP contribution >= 0.6 is 0 Å². The van der Waals surface area contributed by atoms with Crippen LogP contribution < -0.4 is 4.74 Å². The van der Waals surface area contributed by atoms with Crippen LogP contribution in [-0.4, -0.2) is 36.0 Å². The molecule has 4 rings (SSSR count). The van der Waals surface area contributed by atoms with Crippen molar-refractivity contribution in [2.24, 2.45) is 0 Å². The topological polar surface area (TPSA) is 55.8 Å². The number of amides is 1. The van der Waals surface area contributed by atoms with Gasteiger partial charge in [0.15, 0.2) is 13.2 Å². The van der Waals surface area contributed by atoms with Crippen LogP contribution in [0.4, 0.5) is 4.39 Å². The fraction of sp³-hybridized carbons (Fsp3) is 0.250. The first-order valence-corrected chi connectivity index (χ1v) is 9.90. The summed E-state index contributed by atoms with van der Waals surface area (Å²) in [5.74, 6) is -0.758. The van der Waals surface area contributed by atoms with Crippen molar-refractivity contribution in [1.29, 1.82) is 0 Å². The first-order valence-electron chi connectivity index (χ1n) is 9.90. The van der Waals surface area contributed by atoms with Crippen LogP contribution in [0.3, 0.4) is 0 Å². The molecule has 5 nitrogen and oxygen atoms in total. The maximum Gasteiger partial charge on any atom is 0.344 e. The van der Waals surface area contributed by atoms with Crippen LogP contribution in [0.5, 0.6) is 5.75 Å². The normalized spacial score (nSPS) is 13.1. The third-order valence-corrected chi connectivity index (χ3v) is 5.04. The Labute approximate surface area is 174 Å². The molecule has 0 radical (unpaired) electrons. The zero-order valence-electron chi connectivity index (χ0n) is 16.4. The summed E-state index contributed by atoms with van der Waals surface area (Å²) < 4.78 is 24.5. The predicted molar refractivity (Wildman–Crippen MR) is 110 cm³/mol. The molecule has 1 amide bonds. The molecule has 3 aromatic carbocycles. The Bertz CT molecular complexity index is 1060. The number of esters is 1. The second-order valence-corrected chi connectivity index (χ2v) is 7.30. The Morgan fingerprint density at radius 3 is 2.43 bits per heavy atom. The standard InChI is InChI=1S/C24H22FNO4/c25-22-8-4-3-7-19(22)14-26(20-10-11-20)23(27)15-30-24(28)16-29-21-12-9-17-5-1-2-6-18(17)13-21/h1-9,12-13,20H,10-11,14-16H2. The molecule has 1 aliphatic carbocycles. The van der Waals surface area contributed by atoms with Gasteiger partial charge in [-0.3, -0.25) is 4.79 Å². The van der Waals surface area contributed by atoms with Crippen LogP contribution in [0, 0.1) is 5.82 Å². The summed E-state index contributed by atoms with van der Waals surface area (Å²) in [6, 6.07) is 19.8. The van der Waals surface area contributed by atoms with Crippen molar-refractivity contribution in [2.45, 2.75) is 25.4 Å². The Balaban J connectivity index is 1.28. The van der Waals surface area contributed by atoms with Crippen molar-refractivity contribution in [3.05, 3.63) is 78.1 Å². The van der Waals surface area contributed by atoms with Gasteiger partial charge >= 0.3 is 5.97 Å². The molecule has 154 valence electrons. The average molecular weight is 407 g/mol. The number of carbonyl (C=O) groups is 2. The number of rotatable bonds is 8. The molecule has 0 spiro atoms. The van der Waals surface area contributed by atoms with Gasteiger partial charge in [0.2, 0.25) is 0 Å². The Morgan fingerprint density at radius 2 is 1.67 bits per heavy atom. The van der Waals surface area contributed by atoms with Crippen molar-refractivity contribution in [3.8, 4) is 5.75 Å². The zero-order chi connectivity index (χ0) is 20.9. The van der Waals surface area contributed by atoms with Gasteiger partial charge in [-0.25, -0.2) is 9.18 Å². The Kier molecular flexibility index (Phi) is 5.93. The molecule has 0 saturated heterocycles. The van der Waals surface area contributed by atoms with Gasteiger partial charge in [0.25, 0.3) is 5.91 Å². The van der Waals surface area contributed by atoms with Gasteiger partial charge in [-0.05, 0) is 41.8 Å². The lowest BCUT2D eigenvalue weighted by Crippen LogP contribution is -2.36. The minimum atomic E-state index is -0.627. The predicted octanol–water partition coefficient (Wildman–Crippen LogP) is 4.09. The number of nitrogens with zero attached hydrogens (tertiary/aromatic N) is 1. The van der Waals surface area contributed by atoms with Crippen molar-refractivity contribution < 1.29 is 23.5 Å². The molecule has 0 aromatic heterocycles. The molecule has 0 heterocycles. The monoisotopic (exact) mass is 407 g/mol. The molecule has 30 heavy (non-hydrogen) atoms. The summed E-state index contributed by atoms with van der Waals surface area (Å²) in [5, 5.41) is 2.08. The minimum absolute atomic E-state index is 0.0738. The maximum absolute atomic E-state index is 13.9. The smallest absolute Gasteiger partial charge is 0.344 e. The highest BCUT2D eigenvalue weighted by molar-refractivity contribution is 5.84. The van der Waals surface area contributed by atoms with Gasteiger partial charge in [-0.2, -0.15) is 0 Å². The van der Waals surface area contributed by atoms with E-state index in [1.807, 2.05) is 36.4 Å². The van der Waals surface area contributed by atoms with E-state index < -0.39 is 5.97 Å². The zero-order valence-corrected chi connectivity index (χ0v) is 16.4. The lowest BCUT2D eigenvalue weighted by molar-refractivity contribution is -0.154. The van der Waals surface area contributed by atoms with Crippen molar-refractivity contribution >= 4 is 22.6 Å². The summed E-state index contributed by atoms with van der Waals surface area (Å²) >= 11 is 0. The Morgan fingerprint density at radius 1 is 0.933 bits per heavy atom. The molecule has 0 N–H and O–H groups in total. The van der Waals surface area contributed by atoms with Crippen LogP contribution in [0.2, 0.25) is 0 Å². The average Bonchev–Trinajstić information content (AvgIpc) is 3.60. The van der Waals surface area contributed by atoms with E-state index in [4.69, 9.17) is 9.47 Å². The van der Waals surface area contributed by atoms with Crippen LogP contribution in [0.15, 0.2) is 66.7 Å². The molecule has 0 atom stereocenters. The molecular formula is C24H22FNO4. The van der Waals surface area contributed by atoms with E-state index in [2.05, 4.69) is 0 Å². The fourth-order valence-corrected chi connectivity index (χ4v) is 3.28. The lowest BCUT2D eigenvalue weighted by Gasteiger charge is -2.22. The maximum atomic E-state index is 13.9. The summed E-state index contributed by atoms with van der Waals surface area (Å²) in [6.07, 6.45) is 1.75. The molecule has 6 heteroatoms. The third-order valence-electron chi connectivity index (χ3n) is 5.04. The number of benzene rings is 3. The number of ether oxygens (including phenoxy) is 2. The van der Waals surface area contributed by atoms with Gasteiger partial charge in [0.05, 0.1) is 0 Å². The molecule has 1 aliphatic rings. The van der Waals surface area contributed by atoms with Gasteiger partial charge in [0.1, 0.15) is 11.6 Å². The second-order valence-electron chi connectivity index (χ2n) is 7.30. The number of halogens is 1. The first kappa shape index (κ1) is 19.9. The quantitative estimate of drug-likeness (QED) is 0.528. The van der Waals surface area contributed by atoms with E-state index in [1.54, 1.807) is 29.2 Å². The molecular weight excluding hydrogens is 385 g/mol. The van der Waals surface area contributed by atoms with Crippen LogP contribution in [0.1, 0.15) is 18.4 Å². The first-order chi connectivity index (χ1) is 14.6. The van der Waals surface area contributed by atoms with Crippen LogP contribution in [0.25, 0.3) is 10.8 Å². The largest absolute Gasteiger partial charge is 0.482 e. The number of hydrogen-bond donors (Lipinski definition) is 0. The molecule has 1 saturated carbocycles. The second kappa shape index (κ2) is 8.95. The van der Waals surface area contributed by atoms with E-state index in [1.165, 1.54) is 6.07 Å². The summed E-state index contributed by atoms with van der Waals surface area (Å²) in [4.78, 5) is 26.2. The lowest BCUT2D eigenvalue weighted by atomic mass is 10.1. The van der Waals surface area contributed by atoms with Gasteiger partial charge < -0.3 is 14.4 Å². The van der Waals surface area contributed by atoms with E-state index in [9.17, 15) is 14.0 Å². The highest BCUT2D eigenvalue weighted by atomic mass is 19.1. The highest BCUT2D eigenvalue weighted by Gasteiger charge is 2.33. The number of hydrogen-bond acceptors (Lipinski definition) is 4. The van der Waals surface area contributed by atoms with Crippen molar-refractivity contribution in [3.63, 3.8) is 0 Å². The van der Waals surface area contributed by atoms with E-state index in [-0.39, 0.29) is 37.5 Å². The van der Waals surface area contributed by atoms with E-state index >= 15 is 0 Å². The third kappa shape index (κ3) is 4.95. The number of carbonyl (C=O) groups excluding carboxylic acids is 2. The van der Waals surface area contributed by atoms with Crippen molar-refractivity contribution in [2.75, 3.05) is 13.2 Å². The summed E-state index contributed by atoms with van der Waals surface area (Å²) in [6.45, 7) is -0.505. The molecule has 1 fully saturated rings. The summed E-state index contributed by atoms with van der Waals surface area (Å²) in [5.41, 5.74) is 0.448. The summed E-state index contributed by atoms with van der Waals surface area (Å²) in [7, 11) is 0. The van der Waals surface area contributed by atoms with Gasteiger partial charge in [-0.15, -0.1) is 0 Å². The highest BCUT2D eigenvalue weighted by Crippen LogP contribution is 2.29. The van der Waals surface area contributed by atoms with Gasteiger partial charge in [-0.1, -0.05) is 48.5 Å². The molecule has 0 aliphatic heterocycles. The minimum Gasteiger partial charge on any atom is -0.482 e. The van der Waals surface area contributed by atoms with Crippen LogP contribution in [-0.2, 0) is 20.9 Å². The van der Waals surface area contributed by atoms with Gasteiger partial charge in [0, 0.05) is 18.2 Å².